The number of amides is 1. The largest absolute Gasteiger partial charge is 0.492 e. The van der Waals surface area contributed by atoms with E-state index in [0.717, 1.165) is 10.6 Å². The van der Waals surface area contributed by atoms with Crippen molar-refractivity contribution in [3.8, 4) is 17.9 Å². The maximum Gasteiger partial charge on any atom is 0.259 e. The van der Waals surface area contributed by atoms with Gasteiger partial charge in [-0.3, -0.25) is 14.7 Å². The first-order valence-corrected chi connectivity index (χ1v) is 9.96. The minimum Gasteiger partial charge on any atom is -0.492 e. The molecule has 0 unspecified atom stereocenters. The van der Waals surface area contributed by atoms with Crippen LogP contribution in [0.4, 0.5) is 15.8 Å². The Morgan fingerprint density at radius 3 is 2.58 bits per heavy atom. The molecule has 1 saturated heterocycles. The molecular weight excluding hydrogens is 417 g/mol. The molecule has 0 bridgehead atoms. The van der Waals surface area contributed by atoms with E-state index in [4.69, 9.17) is 27.5 Å². The average molecular weight is 438 g/mol. The molecule has 1 aromatic heterocycles. The molecule has 0 atom stereocenters. The van der Waals surface area contributed by atoms with Gasteiger partial charge in [-0.15, -0.1) is 0 Å². The molecule has 9 heteroatoms. The average Bonchev–Trinajstić information content (AvgIpc) is 2.93. The number of nitriles is 2. The van der Waals surface area contributed by atoms with Gasteiger partial charge in [0.25, 0.3) is 5.91 Å². The van der Waals surface area contributed by atoms with Gasteiger partial charge in [-0.25, -0.2) is 4.39 Å². The van der Waals surface area contributed by atoms with E-state index in [9.17, 15) is 4.79 Å². The summed E-state index contributed by atoms with van der Waals surface area (Å²) in [6.45, 7) is 3.39. The van der Waals surface area contributed by atoms with Gasteiger partial charge in [0.2, 0.25) is 0 Å². The fourth-order valence-corrected chi connectivity index (χ4v) is 4.01. The first-order valence-electron chi connectivity index (χ1n) is 9.55. The molecule has 0 radical (unpaired) electrons. The maximum absolute atomic E-state index is 15.1. The van der Waals surface area contributed by atoms with Crippen molar-refractivity contribution < 1.29 is 13.9 Å². The number of halogens is 1. The number of anilines is 2. The molecule has 31 heavy (non-hydrogen) atoms. The van der Waals surface area contributed by atoms with E-state index in [1.807, 2.05) is 12.1 Å². The molecule has 0 N–H and O–H groups in total. The summed E-state index contributed by atoms with van der Waals surface area (Å²) in [5, 5.41) is 17.9. The van der Waals surface area contributed by atoms with Crippen molar-refractivity contribution in [2.75, 3.05) is 16.9 Å². The lowest BCUT2D eigenvalue weighted by atomic mass is 10.0. The van der Waals surface area contributed by atoms with Gasteiger partial charge in [-0.2, -0.15) is 10.5 Å². The third kappa shape index (κ3) is 3.80. The van der Waals surface area contributed by atoms with Crippen LogP contribution in [0.3, 0.4) is 0 Å². The summed E-state index contributed by atoms with van der Waals surface area (Å²) in [7, 11) is 1.26. The molecule has 7 nitrogen and oxygen atoms in total. The highest BCUT2D eigenvalue weighted by Gasteiger charge is 2.51. The van der Waals surface area contributed by atoms with E-state index in [1.165, 1.54) is 19.2 Å². The van der Waals surface area contributed by atoms with E-state index < -0.39 is 17.3 Å². The molecule has 0 saturated carbocycles. The second kappa shape index (κ2) is 8.66. The molecule has 1 amide bonds. The number of hydrogen-bond donors (Lipinski definition) is 0. The van der Waals surface area contributed by atoms with Gasteiger partial charge in [0.15, 0.2) is 16.7 Å². The Labute approximate surface area is 185 Å². The lowest BCUT2D eigenvalue weighted by molar-refractivity contribution is -0.120. The number of unbranched alkanes of at least 4 members (excludes halogenated alkanes) is 1. The van der Waals surface area contributed by atoms with Gasteiger partial charge in [0, 0.05) is 12.1 Å². The molecule has 0 spiro atoms. The molecule has 1 aromatic carbocycles. The number of benzene rings is 1. The third-order valence-electron chi connectivity index (χ3n) is 5.10. The zero-order valence-corrected chi connectivity index (χ0v) is 18.2. The van der Waals surface area contributed by atoms with Gasteiger partial charge >= 0.3 is 0 Å². The van der Waals surface area contributed by atoms with E-state index in [-0.39, 0.29) is 22.1 Å². The van der Waals surface area contributed by atoms with Crippen LogP contribution < -0.4 is 14.5 Å². The highest BCUT2D eigenvalue weighted by atomic mass is 32.1. The fourth-order valence-electron chi connectivity index (χ4n) is 3.49. The monoisotopic (exact) mass is 437 g/mol. The second-order valence-electron chi connectivity index (χ2n) is 7.43. The SMILES string of the molecule is COc1c(C#N)ccc(N2C(=O)C(C)(C)N(c3ccc(CCCC#N)nc3)C2=S)c1F. The number of methoxy groups -OCH3 is 1. The number of thiocarbonyl (C=S) groups is 1. The highest BCUT2D eigenvalue weighted by molar-refractivity contribution is 7.81. The number of rotatable bonds is 6. The van der Waals surface area contributed by atoms with Crippen molar-refractivity contribution in [1.82, 2.24) is 4.98 Å². The van der Waals surface area contributed by atoms with Crippen LogP contribution in [0.25, 0.3) is 0 Å². The predicted molar refractivity (Wildman–Crippen MR) is 117 cm³/mol. The number of carbonyl (C=O) groups is 1. The van der Waals surface area contributed by atoms with E-state index >= 15 is 4.39 Å². The van der Waals surface area contributed by atoms with Crippen molar-refractivity contribution in [3.05, 3.63) is 47.5 Å². The number of nitrogens with zero attached hydrogens (tertiary/aromatic N) is 5. The van der Waals surface area contributed by atoms with E-state index in [0.29, 0.717) is 24.9 Å². The fraction of sp³-hybridized carbons (Fsp3) is 0.318. The Morgan fingerprint density at radius 2 is 2.00 bits per heavy atom. The summed E-state index contributed by atoms with van der Waals surface area (Å²) in [5.74, 6) is -1.49. The van der Waals surface area contributed by atoms with Crippen LogP contribution in [-0.4, -0.2) is 28.7 Å². The van der Waals surface area contributed by atoms with Crippen molar-refractivity contribution >= 4 is 34.6 Å². The number of carbonyl (C=O) groups excluding carboxylic acids is 1. The molecular formula is C22H20FN5O2S. The number of aryl methyl sites for hydroxylation is 1. The van der Waals surface area contributed by atoms with E-state index in [2.05, 4.69) is 11.1 Å². The minimum atomic E-state index is -1.09. The Balaban J connectivity index is 1.98. The number of aromatic nitrogens is 1. The summed E-state index contributed by atoms with van der Waals surface area (Å²) < 4.78 is 20.1. The Kier molecular flexibility index (Phi) is 6.19. The highest BCUT2D eigenvalue weighted by Crippen LogP contribution is 2.39. The molecule has 0 aliphatic carbocycles. The summed E-state index contributed by atoms with van der Waals surface area (Å²) in [4.78, 5) is 20.4. The normalized spacial score (nSPS) is 15.0. The van der Waals surface area contributed by atoms with Crippen molar-refractivity contribution in [3.63, 3.8) is 0 Å². The van der Waals surface area contributed by atoms with Gasteiger partial charge < -0.3 is 9.64 Å². The molecule has 2 aromatic rings. The second-order valence-corrected chi connectivity index (χ2v) is 7.79. The van der Waals surface area contributed by atoms with Gasteiger partial charge in [-0.1, -0.05) is 0 Å². The molecule has 1 aliphatic rings. The maximum atomic E-state index is 15.1. The minimum absolute atomic E-state index is 0.0219. The standard InChI is InChI=1S/C22H20FN5O2S/c1-22(2)20(29)27(17-10-7-14(12-25)19(30-3)18(17)23)21(31)28(22)16-9-8-15(26-13-16)6-4-5-11-24/h7-10,13H,4-6H2,1-3H3. The van der Waals surface area contributed by atoms with Crippen molar-refractivity contribution in [2.24, 2.45) is 0 Å². The number of pyridine rings is 1. The van der Waals surface area contributed by atoms with E-state index in [1.54, 1.807) is 31.0 Å². The number of hydrogen-bond acceptors (Lipinski definition) is 6. The number of ether oxygens (including phenoxy) is 1. The molecule has 1 fully saturated rings. The Hall–Kier alpha value is -3.56. The zero-order valence-electron chi connectivity index (χ0n) is 17.3. The summed E-state index contributed by atoms with van der Waals surface area (Å²) in [5.41, 5.74) is 0.272. The molecule has 158 valence electrons. The molecule has 2 heterocycles. The van der Waals surface area contributed by atoms with Crippen LogP contribution in [-0.2, 0) is 11.2 Å². The lowest BCUT2D eigenvalue weighted by Gasteiger charge is -2.29. The predicted octanol–water partition coefficient (Wildman–Crippen LogP) is 3.86. The zero-order chi connectivity index (χ0) is 22.8. The smallest absolute Gasteiger partial charge is 0.259 e. The van der Waals surface area contributed by atoms with Gasteiger partial charge in [-0.05, 0) is 63.2 Å². The Bertz CT molecular complexity index is 1120. The van der Waals surface area contributed by atoms with Crippen LogP contribution in [0.5, 0.6) is 5.75 Å². The molecule has 3 rings (SSSR count). The van der Waals surface area contributed by atoms with Crippen LogP contribution in [0, 0.1) is 28.5 Å². The van der Waals surface area contributed by atoms with Crippen LogP contribution in [0.1, 0.15) is 37.9 Å². The summed E-state index contributed by atoms with van der Waals surface area (Å²) >= 11 is 5.57. The third-order valence-corrected chi connectivity index (χ3v) is 5.46. The van der Waals surface area contributed by atoms with Crippen LogP contribution in [0.2, 0.25) is 0 Å². The first kappa shape index (κ1) is 22.1. The lowest BCUT2D eigenvalue weighted by Crippen LogP contribution is -2.44. The topological polar surface area (TPSA) is 93.2 Å². The molecule has 1 aliphatic heterocycles. The first-order chi connectivity index (χ1) is 14.8. The quantitative estimate of drug-likeness (QED) is 0.500. The van der Waals surface area contributed by atoms with Crippen molar-refractivity contribution in [2.45, 2.75) is 38.6 Å². The van der Waals surface area contributed by atoms with Crippen molar-refractivity contribution in [1.29, 1.82) is 10.5 Å². The van der Waals surface area contributed by atoms with Crippen LogP contribution in [0.15, 0.2) is 30.5 Å². The van der Waals surface area contributed by atoms with Gasteiger partial charge in [0.1, 0.15) is 11.6 Å². The Morgan fingerprint density at radius 1 is 1.26 bits per heavy atom. The summed E-state index contributed by atoms with van der Waals surface area (Å²) in [6.07, 6.45) is 3.45. The van der Waals surface area contributed by atoms with Crippen LogP contribution >= 0.6 is 12.2 Å². The summed E-state index contributed by atoms with van der Waals surface area (Å²) in [6, 6.07) is 10.3. The van der Waals surface area contributed by atoms with Gasteiger partial charge in [0.05, 0.1) is 36.3 Å².